The van der Waals surface area contributed by atoms with Crippen LogP contribution >= 0.6 is 0 Å². The Morgan fingerprint density at radius 3 is 2.87 bits per heavy atom. The zero-order valence-corrected chi connectivity index (χ0v) is 9.54. The molecule has 0 aliphatic rings. The predicted molar refractivity (Wildman–Crippen MR) is 58.5 cm³/mol. The third kappa shape index (κ3) is 3.39. The van der Waals surface area contributed by atoms with Gasteiger partial charge >= 0.3 is 0 Å². The summed E-state index contributed by atoms with van der Waals surface area (Å²) >= 11 is 0. The summed E-state index contributed by atoms with van der Waals surface area (Å²) in [5.74, 6) is 0.364. The largest absolute Gasteiger partial charge is 0.480 e. The number of hydrogen-bond donors (Lipinski definition) is 1. The molecular weight excluding hydrogens is 216 g/mol. The molecule has 0 amide bonds. The van der Waals surface area contributed by atoms with E-state index in [9.17, 15) is 8.42 Å². The normalized spacial score (nSPS) is 11.1. The number of ether oxygens (including phenoxy) is 1. The molecule has 0 bridgehead atoms. The molecule has 1 heterocycles. The second-order valence-corrected chi connectivity index (χ2v) is 4.82. The highest BCUT2D eigenvalue weighted by Gasteiger charge is 2.12. The summed E-state index contributed by atoms with van der Waals surface area (Å²) in [5, 5.41) is 0. The summed E-state index contributed by atoms with van der Waals surface area (Å²) in [4.78, 5) is 3.89. The first-order chi connectivity index (χ1) is 7.09. The van der Waals surface area contributed by atoms with E-state index in [-0.39, 0.29) is 11.6 Å². The average Bonchev–Trinajstić information content (AvgIpc) is 2.17. The van der Waals surface area contributed by atoms with Crippen LogP contribution in [0.4, 0.5) is 5.69 Å². The van der Waals surface area contributed by atoms with E-state index < -0.39 is 10.0 Å². The number of anilines is 1. The van der Waals surface area contributed by atoms with Crippen LogP contribution in [0.3, 0.4) is 0 Å². The van der Waals surface area contributed by atoms with Gasteiger partial charge in [-0.2, -0.15) is 0 Å². The second kappa shape index (κ2) is 4.97. The molecule has 0 spiro atoms. The van der Waals surface area contributed by atoms with Gasteiger partial charge in [0.15, 0.2) is 0 Å². The van der Waals surface area contributed by atoms with E-state index in [2.05, 4.69) is 9.71 Å². The molecule has 1 N–H and O–H groups in total. The van der Waals surface area contributed by atoms with Crippen molar-refractivity contribution in [2.24, 2.45) is 0 Å². The lowest BCUT2D eigenvalue weighted by atomic mass is 10.4. The number of hydrogen-bond acceptors (Lipinski definition) is 4. The van der Waals surface area contributed by atoms with E-state index in [0.717, 1.165) is 0 Å². The highest BCUT2D eigenvalue weighted by Crippen LogP contribution is 2.21. The maximum absolute atomic E-state index is 11.5. The summed E-state index contributed by atoms with van der Waals surface area (Å²) in [6.45, 7) is 1.81. The Hall–Kier alpha value is -1.30. The Kier molecular flexibility index (Phi) is 3.90. The molecule has 0 saturated heterocycles. The summed E-state index contributed by atoms with van der Waals surface area (Å²) in [5.41, 5.74) is 0.369. The summed E-state index contributed by atoms with van der Waals surface area (Å²) in [6.07, 6.45) is 2.11. The van der Waals surface area contributed by atoms with Gasteiger partial charge in [0.25, 0.3) is 0 Å². The zero-order chi connectivity index (χ0) is 11.3. The molecule has 0 aliphatic carbocycles. The lowest BCUT2D eigenvalue weighted by Crippen LogP contribution is -2.16. The van der Waals surface area contributed by atoms with Crippen molar-refractivity contribution in [3.05, 3.63) is 18.3 Å². The minimum absolute atomic E-state index is 0.0883. The first-order valence-electron chi connectivity index (χ1n) is 4.58. The quantitative estimate of drug-likeness (QED) is 0.826. The van der Waals surface area contributed by atoms with Gasteiger partial charge in [-0.15, -0.1) is 0 Å². The molecule has 1 rings (SSSR count). The van der Waals surface area contributed by atoms with Crippen LogP contribution in [-0.4, -0.2) is 26.3 Å². The summed E-state index contributed by atoms with van der Waals surface area (Å²) in [7, 11) is -1.84. The van der Waals surface area contributed by atoms with Crippen molar-refractivity contribution >= 4 is 15.7 Å². The number of nitrogens with zero attached hydrogens (tertiary/aromatic N) is 1. The highest BCUT2D eigenvalue weighted by atomic mass is 32.2. The topological polar surface area (TPSA) is 68.3 Å². The highest BCUT2D eigenvalue weighted by molar-refractivity contribution is 7.92. The van der Waals surface area contributed by atoms with Gasteiger partial charge in [0, 0.05) is 6.20 Å². The Morgan fingerprint density at radius 2 is 2.27 bits per heavy atom. The summed E-state index contributed by atoms with van der Waals surface area (Å²) in [6, 6.07) is 3.26. The van der Waals surface area contributed by atoms with Gasteiger partial charge < -0.3 is 4.74 Å². The fourth-order valence-corrected chi connectivity index (χ4v) is 2.25. The van der Waals surface area contributed by atoms with Crippen molar-refractivity contribution in [1.82, 2.24) is 4.98 Å². The molecule has 0 aliphatic heterocycles. The van der Waals surface area contributed by atoms with Crippen LogP contribution in [0.5, 0.6) is 5.88 Å². The van der Waals surface area contributed by atoms with Crippen molar-refractivity contribution < 1.29 is 13.2 Å². The molecule has 0 unspecified atom stereocenters. The SMILES string of the molecule is CCCS(=O)(=O)Nc1cccnc1OC. The molecule has 15 heavy (non-hydrogen) atoms. The fourth-order valence-electron chi connectivity index (χ4n) is 1.12. The van der Waals surface area contributed by atoms with Gasteiger partial charge in [0.05, 0.1) is 12.9 Å². The monoisotopic (exact) mass is 230 g/mol. The van der Waals surface area contributed by atoms with Crippen LogP contribution in [0.2, 0.25) is 0 Å². The van der Waals surface area contributed by atoms with Gasteiger partial charge in [-0.05, 0) is 18.6 Å². The van der Waals surface area contributed by atoms with Crippen molar-refractivity contribution in [1.29, 1.82) is 0 Å². The van der Waals surface area contributed by atoms with Gasteiger partial charge in [-0.1, -0.05) is 6.92 Å². The molecule has 1 aromatic rings. The third-order valence-corrected chi connectivity index (χ3v) is 3.18. The van der Waals surface area contributed by atoms with E-state index in [1.807, 2.05) is 0 Å². The van der Waals surface area contributed by atoms with Gasteiger partial charge in [-0.25, -0.2) is 13.4 Å². The Morgan fingerprint density at radius 1 is 1.53 bits per heavy atom. The first-order valence-corrected chi connectivity index (χ1v) is 6.24. The smallest absolute Gasteiger partial charge is 0.238 e. The van der Waals surface area contributed by atoms with Crippen molar-refractivity contribution in [3.8, 4) is 5.88 Å². The van der Waals surface area contributed by atoms with Gasteiger partial charge in [0.1, 0.15) is 5.69 Å². The van der Waals surface area contributed by atoms with Gasteiger partial charge in [-0.3, -0.25) is 4.72 Å². The van der Waals surface area contributed by atoms with Crippen LogP contribution in [0.15, 0.2) is 18.3 Å². The number of methoxy groups -OCH3 is 1. The van der Waals surface area contributed by atoms with Crippen LogP contribution < -0.4 is 9.46 Å². The molecule has 0 atom stereocenters. The van der Waals surface area contributed by atoms with Crippen molar-refractivity contribution in [2.75, 3.05) is 17.6 Å². The number of pyridine rings is 1. The molecule has 0 saturated carbocycles. The number of sulfonamides is 1. The predicted octanol–water partition coefficient (Wildman–Crippen LogP) is 1.24. The third-order valence-electron chi connectivity index (χ3n) is 1.70. The number of rotatable bonds is 5. The molecule has 0 aromatic carbocycles. The zero-order valence-electron chi connectivity index (χ0n) is 8.73. The van der Waals surface area contributed by atoms with E-state index in [0.29, 0.717) is 12.1 Å². The molecule has 5 nitrogen and oxygen atoms in total. The molecule has 84 valence electrons. The first kappa shape index (κ1) is 11.8. The molecule has 0 fully saturated rings. The Bertz CT molecular complexity index is 417. The lowest BCUT2D eigenvalue weighted by molar-refractivity contribution is 0.400. The second-order valence-electron chi connectivity index (χ2n) is 2.98. The number of aromatic nitrogens is 1. The van der Waals surface area contributed by atoms with Gasteiger partial charge in [0.2, 0.25) is 15.9 Å². The van der Waals surface area contributed by atoms with E-state index in [1.54, 1.807) is 19.1 Å². The van der Waals surface area contributed by atoms with E-state index in [1.165, 1.54) is 13.3 Å². The van der Waals surface area contributed by atoms with Crippen molar-refractivity contribution in [2.45, 2.75) is 13.3 Å². The minimum Gasteiger partial charge on any atom is -0.480 e. The average molecular weight is 230 g/mol. The summed E-state index contributed by atoms with van der Waals surface area (Å²) < 4.78 is 30.3. The van der Waals surface area contributed by atoms with Crippen LogP contribution in [0.1, 0.15) is 13.3 Å². The maximum Gasteiger partial charge on any atom is 0.238 e. The molecule has 0 radical (unpaired) electrons. The Labute approximate surface area is 89.5 Å². The molecular formula is C9H14N2O3S. The van der Waals surface area contributed by atoms with E-state index >= 15 is 0 Å². The minimum atomic E-state index is -3.29. The molecule has 1 aromatic heterocycles. The standard InChI is InChI=1S/C9H14N2O3S/c1-3-7-15(12,13)11-8-5-4-6-10-9(8)14-2/h4-6,11H,3,7H2,1-2H3. The fraction of sp³-hybridized carbons (Fsp3) is 0.444. The number of nitrogens with one attached hydrogen (secondary N) is 1. The maximum atomic E-state index is 11.5. The van der Waals surface area contributed by atoms with Crippen molar-refractivity contribution in [3.63, 3.8) is 0 Å². The molecule has 6 heteroatoms. The van der Waals surface area contributed by atoms with Crippen LogP contribution in [0, 0.1) is 0 Å². The Balaban J connectivity index is 2.89. The van der Waals surface area contributed by atoms with Crippen LogP contribution in [-0.2, 0) is 10.0 Å². The van der Waals surface area contributed by atoms with E-state index in [4.69, 9.17) is 4.74 Å². The lowest BCUT2D eigenvalue weighted by Gasteiger charge is -2.09. The van der Waals surface area contributed by atoms with Crippen LogP contribution in [0.25, 0.3) is 0 Å².